The number of aromatic nitrogens is 1. The summed E-state index contributed by atoms with van der Waals surface area (Å²) in [6.45, 7) is 6.89. The molecule has 5 heteroatoms. The molecule has 0 radical (unpaired) electrons. The molecule has 1 amide bonds. The van der Waals surface area contributed by atoms with E-state index in [0.29, 0.717) is 10.8 Å². The van der Waals surface area contributed by atoms with Crippen LogP contribution in [0, 0.1) is 0 Å². The number of rotatable bonds is 7. The van der Waals surface area contributed by atoms with E-state index in [2.05, 4.69) is 29.5 Å². The number of hydrogen-bond acceptors (Lipinski definition) is 3. The smallest absolute Gasteiger partial charge is 0.271 e. The Morgan fingerprint density at radius 2 is 2.11 bits per heavy atom. The lowest BCUT2D eigenvalue weighted by Crippen LogP contribution is -2.35. The third kappa shape index (κ3) is 4.71. The summed E-state index contributed by atoms with van der Waals surface area (Å²) in [5.74, 6) is 0.464. The molecule has 0 aliphatic rings. The molecule has 0 aliphatic heterocycles. The number of nitrogens with one attached hydrogen (secondary N) is 2. The number of halogens is 1. The molecule has 2 N–H and O–H groups in total. The van der Waals surface area contributed by atoms with Gasteiger partial charge in [0.1, 0.15) is 11.5 Å². The first-order valence-electron chi connectivity index (χ1n) is 6.83. The van der Waals surface area contributed by atoms with Gasteiger partial charge in [0.15, 0.2) is 0 Å². The molecule has 1 unspecified atom stereocenters. The molecule has 1 rings (SSSR count). The Bertz CT molecular complexity index is 423. The van der Waals surface area contributed by atoms with Gasteiger partial charge >= 0.3 is 0 Å². The van der Waals surface area contributed by atoms with E-state index in [1.165, 1.54) is 0 Å². The predicted octanol–water partition coefficient (Wildman–Crippen LogP) is 3.48. The number of hydrogen-bond donors (Lipinski definition) is 2. The SMILES string of the molecule is CCCC(CC)NC(=O)c1nc(NCC)ccc1Cl. The molecule has 1 aromatic heterocycles. The summed E-state index contributed by atoms with van der Waals surface area (Å²) in [4.78, 5) is 16.4. The Morgan fingerprint density at radius 1 is 1.37 bits per heavy atom. The summed E-state index contributed by atoms with van der Waals surface area (Å²) in [7, 11) is 0. The Hall–Kier alpha value is -1.29. The molecular formula is C14H22ClN3O. The molecule has 4 nitrogen and oxygen atoms in total. The Labute approximate surface area is 120 Å². The first-order valence-corrected chi connectivity index (χ1v) is 7.21. The maximum absolute atomic E-state index is 12.2. The van der Waals surface area contributed by atoms with Gasteiger partial charge in [0.25, 0.3) is 5.91 Å². The first kappa shape index (κ1) is 15.8. The summed E-state index contributed by atoms with van der Waals surface area (Å²) in [5, 5.41) is 6.43. The van der Waals surface area contributed by atoms with E-state index >= 15 is 0 Å². The maximum atomic E-state index is 12.2. The molecule has 0 fully saturated rings. The highest BCUT2D eigenvalue weighted by molar-refractivity contribution is 6.33. The molecule has 106 valence electrons. The predicted molar refractivity (Wildman–Crippen MR) is 79.9 cm³/mol. The third-order valence-electron chi connectivity index (χ3n) is 2.88. The van der Waals surface area contributed by atoms with Crippen LogP contribution in [0.2, 0.25) is 5.02 Å². The van der Waals surface area contributed by atoms with Crippen molar-refractivity contribution in [1.82, 2.24) is 10.3 Å². The molecule has 1 atom stereocenters. The van der Waals surface area contributed by atoms with Crippen molar-refractivity contribution < 1.29 is 4.79 Å². The van der Waals surface area contributed by atoms with Gasteiger partial charge < -0.3 is 10.6 Å². The van der Waals surface area contributed by atoms with Crippen molar-refractivity contribution >= 4 is 23.3 Å². The fraction of sp³-hybridized carbons (Fsp3) is 0.571. The minimum Gasteiger partial charge on any atom is -0.370 e. The molecule has 0 saturated carbocycles. The van der Waals surface area contributed by atoms with E-state index in [1.807, 2.05) is 6.92 Å². The minimum absolute atomic E-state index is 0.179. The van der Waals surface area contributed by atoms with Gasteiger partial charge in [-0.1, -0.05) is 31.9 Å². The molecule has 0 aliphatic carbocycles. The number of carbonyl (C=O) groups excluding carboxylic acids is 1. The van der Waals surface area contributed by atoms with Gasteiger partial charge in [0, 0.05) is 12.6 Å². The lowest BCUT2D eigenvalue weighted by atomic mass is 10.1. The van der Waals surface area contributed by atoms with Crippen LogP contribution in [0.3, 0.4) is 0 Å². The van der Waals surface area contributed by atoms with Gasteiger partial charge in [0.05, 0.1) is 5.02 Å². The lowest BCUT2D eigenvalue weighted by Gasteiger charge is -2.16. The second-order valence-electron chi connectivity index (χ2n) is 4.42. The van der Waals surface area contributed by atoms with Crippen LogP contribution >= 0.6 is 11.6 Å². The normalized spacial score (nSPS) is 12.0. The van der Waals surface area contributed by atoms with E-state index in [4.69, 9.17) is 11.6 Å². The number of carbonyl (C=O) groups is 1. The van der Waals surface area contributed by atoms with Crippen LogP contribution < -0.4 is 10.6 Å². The van der Waals surface area contributed by atoms with E-state index in [-0.39, 0.29) is 17.6 Å². The van der Waals surface area contributed by atoms with Crippen LogP contribution in [0.1, 0.15) is 50.5 Å². The highest BCUT2D eigenvalue weighted by Crippen LogP contribution is 2.17. The van der Waals surface area contributed by atoms with Crippen molar-refractivity contribution in [3.05, 3.63) is 22.8 Å². The van der Waals surface area contributed by atoms with Gasteiger partial charge in [-0.25, -0.2) is 4.98 Å². The molecule has 0 bridgehead atoms. The van der Waals surface area contributed by atoms with Crippen LogP contribution in [-0.4, -0.2) is 23.5 Å². The Kier molecular flexibility index (Phi) is 6.64. The monoisotopic (exact) mass is 283 g/mol. The van der Waals surface area contributed by atoms with Gasteiger partial charge in [-0.2, -0.15) is 0 Å². The molecule has 0 spiro atoms. The van der Waals surface area contributed by atoms with Crippen LogP contribution in [-0.2, 0) is 0 Å². The molecule has 0 saturated heterocycles. The molecule has 19 heavy (non-hydrogen) atoms. The Balaban J connectivity index is 2.82. The largest absolute Gasteiger partial charge is 0.370 e. The van der Waals surface area contributed by atoms with E-state index in [1.54, 1.807) is 12.1 Å². The zero-order valence-corrected chi connectivity index (χ0v) is 12.5. The first-order chi connectivity index (χ1) is 9.12. The summed E-state index contributed by atoms with van der Waals surface area (Å²) < 4.78 is 0. The van der Waals surface area contributed by atoms with E-state index in [0.717, 1.165) is 25.8 Å². The van der Waals surface area contributed by atoms with Crippen LogP contribution in [0.5, 0.6) is 0 Å². The summed E-state index contributed by atoms with van der Waals surface area (Å²) in [6.07, 6.45) is 2.91. The van der Waals surface area contributed by atoms with Gasteiger partial charge in [0.2, 0.25) is 0 Å². The van der Waals surface area contributed by atoms with Gasteiger partial charge in [-0.15, -0.1) is 0 Å². The zero-order chi connectivity index (χ0) is 14.3. The molecule has 0 aromatic carbocycles. The zero-order valence-electron chi connectivity index (χ0n) is 11.8. The summed E-state index contributed by atoms with van der Waals surface area (Å²) >= 11 is 6.04. The van der Waals surface area contributed by atoms with Crippen molar-refractivity contribution in [1.29, 1.82) is 0 Å². The van der Waals surface area contributed by atoms with Crippen LogP contribution in [0.25, 0.3) is 0 Å². The van der Waals surface area contributed by atoms with Crippen molar-refractivity contribution in [3.8, 4) is 0 Å². The van der Waals surface area contributed by atoms with Crippen molar-refractivity contribution in [2.24, 2.45) is 0 Å². The quantitative estimate of drug-likeness (QED) is 0.805. The number of pyridine rings is 1. The fourth-order valence-corrected chi connectivity index (χ4v) is 2.05. The molecule has 1 heterocycles. The lowest BCUT2D eigenvalue weighted by molar-refractivity contribution is 0.0929. The second kappa shape index (κ2) is 8.00. The van der Waals surface area contributed by atoms with Gasteiger partial charge in [-0.3, -0.25) is 4.79 Å². The number of nitrogens with zero attached hydrogens (tertiary/aromatic N) is 1. The van der Waals surface area contributed by atoms with Crippen molar-refractivity contribution in [2.75, 3.05) is 11.9 Å². The van der Waals surface area contributed by atoms with E-state index < -0.39 is 0 Å². The standard InChI is InChI=1S/C14H22ClN3O/c1-4-7-10(5-2)17-14(19)13-11(15)8-9-12(18-13)16-6-3/h8-10H,4-7H2,1-3H3,(H,16,18)(H,17,19). The molecular weight excluding hydrogens is 262 g/mol. The third-order valence-corrected chi connectivity index (χ3v) is 3.19. The second-order valence-corrected chi connectivity index (χ2v) is 4.83. The summed E-state index contributed by atoms with van der Waals surface area (Å²) in [6, 6.07) is 3.65. The fourth-order valence-electron chi connectivity index (χ4n) is 1.86. The minimum atomic E-state index is -0.204. The Morgan fingerprint density at radius 3 is 2.68 bits per heavy atom. The average Bonchev–Trinajstić information content (AvgIpc) is 2.40. The van der Waals surface area contributed by atoms with Crippen molar-refractivity contribution in [3.63, 3.8) is 0 Å². The molecule has 1 aromatic rings. The van der Waals surface area contributed by atoms with Crippen LogP contribution in [0.15, 0.2) is 12.1 Å². The highest BCUT2D eigenvalue weighted by atomic mass is 35.5. The van der Waals surface area contributed by atoms with E-state index in [9.17, 15) is 4.79 Å². The highest BCUT2D eigenvalue weighted by Gasteiger charge is 2.16. The number of amides is 1. The number of anilines is 1. The average molecular weight is 284 g/mol. The topological polar surface area (TPSA) is 54.0 Å². The summed E-state index contributed by atoms with van der Waals surface area (Å²) in [5.41, 5.74) is 0.287. The van der Waals surface area contributed by atoms with Gasteiger partial charge in [-0.05, 0) is 31.9 Å². The van der Waals surface area contributed by atoms with Crippen molar-refractivity contribution in [2.45, 2.75) is 46.1 Å². The van der Waals surface area contributed by atoms with Crippen LogP contribution in [0.4, 0.5) is 5.82 Å². The maximum Gasteiger partial charge on any atom is 0.271 e.